The maximum absolute atomic E-state index is 11.5. The van der Waals surface area contributed by atoms with Crippen molar-refractivity contribution in [3.05, 3.63) is 22.4 Å². The zero-order chi connectivity index (χ0) is 12.0. The first kappa shape index (κ1) is 12.7. The van der Waals surface area contributed by atoms with Crippen molar-refractivity contribution in [2.45, 2.75) is 26.4 Å². The molecule has 0 radical (unpaired) electrons. The van der Waals surface area contributed by atoms with Crippen molar-refractivity contribution in [3.63, 3.8) is 0 Å². The van der Waals surface area contributed by atoms with Crippen LogP contribution >= 0.6 is 11.3 Å². The standard InChI is InChI=1S/C11H15NO3S/c1-8(2)15-10(13)5-6-12-11(14)9-4-3-7-16-9/h3-4,7-8H,5-6H2,1-2H3,(H,12,14). The molecule has 5 heteroatoms. The number of esters is 1. The Kier molecular flexibility index (Phi) is 4.98. The number of hydrogen-bond donors (Lipinski definition) is 1. The molecule has 16 heavy (non-hydrogen) atoms. The van der Waals surface area contributed by atoms with Crippen LogP contribution < -0.4 is 5.32 Å². The summed E-state index contributed by atoms with van der Waals surface area (Å²) in [4.78, 5) is 23.3. The van der Waals surface area contributed by atoms with Crippen LogP contribution in [0.4, 0.5) is 0 Å². The molecular formula is C11H15NO3S. The summed E-state index contributed by atoms with van der Waals surface area (Å²) in [6.07, 6.45) is 0.0930. The maximum atomic E-state index is 11.5. The van der Waals surface area contributed by atoms with Gasteiger partial charge in [-0.2, -0.15) is 0 Å². The zero-order valence-electron chi connectivity index (χ0n) is 9.36. The predicted octanol–water partition coefficient (Wildman–Crippen LogP) is 1.82. The molecule has 1 aromatic heterocycles. The van der Waals surface area contributed by atoms with E-state index >= 15 is 0 Å². The molecule has 1 heterocycles. The lowest BCUT2D eigenvalue weighted by molar-refractivity contribution is -0.147. The highest BCUT2D eigenvalue weighted by Gasteiger charge is 2.08. The number of nitrogens with one attached hydrogen (secondary N) is 1. The summed E-state index contributed by atoms with van der Waals surface area (Å²) in [5, 5.41) is 4.50. The van der Waals surface area contributed by atoms with Gasteiger partial charge in [-0.1, -0.05) is 6.07 Å². The van der Waals surface area contributed by atoms with E-state index in [0.29, 0.717) is 11.4 Å². The monoisotopic (exact) mass is 241 g/mol. The first-order chi connectivity index (χ1) is 7.59. The molecule has 0 bridgehead atoms. The highest BCUT2D eigenvalue weighted by Crippen LogP contribution is 2.07. The lowest BCUT2D eigenvalue weighted by Crippen LogP contribution is -2.26. The van der Waals surface area contributed by atoms with Crippen LogP contribution in [0.5, 0.6) is 0 Å². The van der Waals surface area contributed by atoms with Crippen molar-refractivity contribution in [2.75, 3.05) is 6.54 Å². The molecule has 1 amide bonds. The van der Waals surface area contributed by atoms with Gasteiger partial charge in [-0.05, 0) is 25.3 Å². The Morgan fingerprint density at radius 1 is 1.50 bits per heavy atom. The van der Waals surface area contributed by atoms with Gasteiger partial charge in [0.2, 0.25) is 0 Å². The van der Waals surface area contributed by atoms with Crippen LogP contribution in [0.25, 0.3) is 0 Å². The summed E-state index contributed by atoms with van der Waals surface area (Å²) in [6.45, 7) is 3.90. The molecule has 0 unspecified atom stereocenters. The number of thiophene rings is 1. The van der Waals surface area contributed by atoms with Gasteiger partial charge in [0, 0.05) is 6.54 Å². The van der Waals surface area contributed by atoms with Gasteiger partial charge in [0.05, 0.1) is 17.4 Å². The zero-order valence-corrected chi connectivity index (χ0v) is 10.2. The van der Waals surface area contributed by atoms with Crippen molar-refractivity contribution >= 4 is 23.2 Å². The number of amides is 1. The van der Waals surface area contributed by atoms with Crippen LogP contribution in [0.1, 0.15) is 29.9 Å². The Hall–Kier alpha value is -1.36. The van der Waals surface area contributed by atoms with Gasteiger partial charge in [0.15, 0.2) is 0 Å². The molecule has 1 aromatic rings. The average molecular weight is 241 g/mol. The van der Waals surface area contributed by atoms with E-state index in [1.165, 1.54) is 11.3 Å². The molecule has 0 saturated heterocycles. The predicted molar refractivity (Wildman–Crippen MR) is 62.5 cm³/mol. The van der Waals surface area contributed by atoms with Gasteiger partial charge in [0.25, 0.3) is 5.91 Å². The largest absolute Gasteiger partial charge is 0.463 e. The summed E-state index contributed by atoms with van der Waals surface area (Å²) in [5.74, 6) is -0.436. The van der Waals surface area contributed by atoms with E-state index in [1.54, 1.807) is 19.9 Å². The first-order valence-electron chi connectivity index (χ1n) is 5.11. The Morgan fingerprint density at radius 2 is 2.25 bits per heavy atom. The quantitative estimate of drug-likeness (QED) is 0.800. The second kappa shape index (κ2) is 6.27. The molecule has 1 N–H and O–H groups in total. The number of ether oxygens (including phenoxy) is 1. The van der Waals surface area contributed by atoms with E-state index in [2.05, 4.69) is 5.32 Å². The van der Waals surface area contributed by atoms with Crippen molar-refractivity contribution in [1.29, 1.82) is 0 Å². The van der Waals surface area contributed by atoms with Gasteiger partial charge < -0.3 is 10.1 Å². The third-order valence-corrected chi connectivity index (χ3v) is 2.60. The third kappa shape index (κ3) is 4.44. The summed E-state index contributed by atoms with van der Waals surface area (Å²) in [6, 6.07) is 3.55. The molecule has 0 aliphatic rings. The highest BCUT2D eigenvalue weighted by atomic mass is 32.1. The van der Waals surface area contributed by atoms with Crippen LogP contribution in [-0.2, 0) is 9.53 Å². The number of carbonyl (C=O) groups is 2. The smallest absolute Gasteiger partial charge is 0.307 e. The van der Waals surface area contributed by atoms with Crippen molar-refractivity contribution in [2.24, 2.45) is 0 Å². The minimum Gasteiger partial charge on any atom is -0.463 e. The van der Waals surface area contributed by atoms with E-state index in [-0.39, 0.29) is 24.4 Å². The maximum Gasteiger partial charge on any atom is 0.307 e. The summed E-state index contributed by atoms with van der Waals surface area (Å²) >= 11 is 1.37. The number of hydrogen-bond acceptors (Lipinski definition) is 4. The topological polar surface area (TPSA) is 55.4 Å². The molecule has 1 rings (SSSR count). The lowest BCUT2D eigenvalue weighted by Gasteiger charge is -2.07. The van der Waals surface area contributed by atoms with Crippen LogP contribution in [-0.4, -0.2) is 24.5 Å². The fourth-order valence-electron chi connectivity index (χ4n) is 1.09. The van der Waals surface area contributed by atoms with Crippen molar-refractivity contribution in [3.8, 4) is 0 Å². The molecule has 0 spiro atoms. The van der Waals surface area contributed by atoms with Gasteiger partial charge >= 0.3 is 5.97 Å². The third-order valence-electron chi connectivity index (χ3n) is 1.73. The Balaban J connectivity index is 2.21. The molecule has 88 valence electrons. The molecule has 0 aromatic carbocycles. The molecular weight excluding hydrogens is 226 g/mol. The Bertz CT molecular complexity index is 346. The molecule has 0 aliphatic heterocycles. The van der Waals surface area contributed by atoms with Crippen molar-refractivity contribution < 1.29 is 14.3 Å². The van der Waals surface area contributed by atoms with Gasteiger partial charge in [0.1, 0.15) is 0 Å². The van der Waals surface area contributed by atoms with Crippen LogP contribution in [0.2, 0.25) is 0 Å². The SMILES string of the molecule is CC(C)OC(=O)CCNC(=O)c1cccs1. The minimum atomic E-state index is -0.290. The fourth-order valence-corrected chi connectivity index (χ4v) is 1.73. The van der Waals surface area contributed by atoms with Gasteiger partial charge in [-0.25, -0.2) is 0 Å². The van der Waals surface area contributed by atoms with Gasteiger partial charge in [-0.15, -0.1) is 11.3 Å². The number of rotatable bonds is 5. The van der Waals surface area contributed by atoms with E-state index in [4.69, 9.17) is 4.74 Å². The molecule has 0 atom stereocenters. The Morgan fingerprint density at radius 3 is 2.81 bits per heavy atom. The molecule has 0 saturated carbocycles. The molecule has 4 nitrogen and oxygen atoms in total. The van der Waals surface area contributed by atoms with Gasteiger partial charge in [-0.3, -0.25) is 9.59 Å². The summed E-state index contributed by atoms with van der Waals surface area (Å²) in [5.41, 5.74) is 0. The van der Waals surface area contributed by atoms with Crippen LogP contribution in [0.3, 0.4) is 0 Å². The second-order valence-electron chi connectivity index (χ2n) is 3.52. The lowest BCUT2D eigenvalue weighted by atomic mass is 10.4. The average Bonchev–Trinajstić information content (AvgIpc) is 2.68. The highest BCUT2D eigenvalue weighted by molar-refractivity contribution is 7.12. The van der Waals surface area contributed by atoms with E-state index in [9.17, 15) is 9.59 Å². The van der Waals surface area contributed by atoms with Crippen LogP contribution in [0, 0.1) is 0 Å². The molecule has 0 aliphatic carbocycles. The van der Waals surface area contributed by atoms with Crippen LogP contribution in [0.15, 0.2) is 17.5 Å². The van der Waals surface area contributed by atoms with E-state index in [0.717, 1.165) is 0 Å². The van der Waals surface area contributed by atoms with Crippen molar-refractivity contribution in [1.82, 2.24) is 5.32 Å². The number of carbonyl (C=O) groups excluding carboxylic acids is 2. The minimum absolute atomic E-state index is 0.111. The van der Waals surface area contributed by atoms with E-state index < -0.39 is 0 Å². The normalized spacial score (nSPS) is 10.2. The van der Waals surface area contributed by atoms with E-state index in [1.807, 2.05) is 11.4 Å². The summed E-state index contributed by atoms with van der Waals surface area (Å²) < 4.78 is 4.94. The molecule has 0 fully saturated rings. The summed E-state index contributed by atoms with van der Waals surface area (Å²) in [7, 11) is 0. The first-order valence-corrected chi connectivity index (χ1v) is 5.98. The Labute approximate surface area is 98.6 Å². The fraction of sp³-hybridized carbons (Fsp3) is 0.455. The second-order valence-corrected chi connectivity index (χ2v) is 4.47.